The number of nitrogens with one attached hydrogen (secondary N) is 1. The zero-order valence-corrected chi connectivity index (χ0v) is 7.51. The van der Waals surface area contributed by atoms with Crippen molar-refractivity contribution in [1.29, 1.82) is 0 Å². The predicted molar refractivity (Wildman–Crippen MR) is 41.9 cm³/mol. The monoisotopic (exact) mass is 225 g/mol. The number of halogens is 1. The summed E-state index contributed by atoms with van der Waals surface area (Å²) in [6.07, 6.45) is -6.72. The van der Waals surface area contributed by atoms with Crippen molar-refractivity contribution < 1.29 is 29.6 Å². The third kappa shape index (κ3) is 1.80. The van der Waals surface area contributed by atoms with Crippen LogP contribution >= 0.6 is 11.8 Å². The Labute approximate surface area is 83.3 Å². The van der Waals surface area contributed by atoms with E-state index in [0.29, 0.717) is 0 Å². The summed E-state index contributed by atoms with van der Waals surface area (Å²) in [6, 6.07) is 0. The van der Waals surface area contributed by atoms with Gasteiger partial charge in [0.05, 0.1) is 0 Å². The maximum atomic E-state index is 10.8. The number of hydrogen-bond acceptors (Lipinski definition) is 6. The molecular formula is C6H8ClNO6. The molecule has 0 aromatic heterocycles. The number of esters is 1. The topological polar surface area (TPSA) is 116 Å². The maximum absolute atomic E-state index is 10.8. The normalized spacial score (nSPS) is 33.7. The number of cyclic esters (lactones) is 1. The highest BCUT2D eigenvalue weighted by Gasteiger charge is 2.48. The molecule has 0 spiro atoms. The van der Waals surface area contributed by atoms with Gasteiger partial charge in [0.1, 0.15) is 6.10 Å². The molecular weight excluding hydrogens is 218 g/mol. The summed E-state index contributed by atoms with van der Waals surface area (Å²) in [7, 11) is 0. The first-order valence-electron chi connectivity index (χ1n) is 3.64. The van der Waals surface area contributed by atoms with E-state index in [9.17, 15) is 14.7 Å². The van der Waals surface area contributed by atoms with Crippen LogP contribution in [0, 0.1) is 0 Å². The Morgan fingerprint density at radius 2 is 2.14 bits per heavy atom. The molecule has 1 rings (SSSR count). The lowest BCUT2D eigenvalue weighted by Gasteiger charge is -2.17. The van der Waals surface area contributed by atoms with Crippen molar-refractivity contribution >= 4 is 23.7 Å². The van der Waals surface area contributed by atoms with Crippen LogP contribution in [0.5, 0.6) is 0 Å². The van der Waals surface area contributed by atoms with E-state index in [1.165, 1.54) is 0 Å². The van der Waals surface area contributed by atoms with Crippen molar-refractivity contribution in [3.63, 3.8) is 0 Å². The summed E-state index contributed by atoms with van der Waals surface area (Å²) >= 11 is 4.90. The molecule has 0 radical (unpaired) electrons. The van der Waals surface area contributed by atoms with Crippen LogP contribution in [-0.2, 0) is 14.3 Å². The Kier molecular flexibility index (Phi) is 3.27. The Balaban J connectivity index is 2.71. The van der Waals surface area contributed by atoms with E-state index in [0.717, 1.165) is 0 Å². The van der Waals surface area contributed by atoms with Crippen LogP contribution < -0.4 is 4.84 Å². The molecule has 80 valence electrons. The molecule has 1 aliphatic heterocycles. The van der Waals surface area contributed by atoms with Gasteiger partial charge in [-0.15, -0.1) is 0 Å². The number of ether oxygens (including phenoxy) is 1. The first kappa shape index (κ1) is 11.2. The fraction of sp³-hybridized carbons (Fsp3) is 0.667. The van der Waals surface area contributed by atoms with Crippen molar-refractivity contribution in [2.45, 2.75) is 24.4 Å². The molecule has 0 unspecified atom stereocenters. The molecule has 1 aliphatic rings. The zero-order chi connectivity index (χ0) is 10.9. The minimum Gasteiger partial charge on any atom is -0.454 e. The number of carbonyl (C=O) groups is 2. The summed E-state index contributed by atoms with van der Waals surface area (Å²) < 4.78 is 4.36. The van der Waals surface area contributed by atoms with E-state index in [2.05, 4.69) is 4.74 Å². The molecule has 1 heterocycles. The first-order valence-corrected chi connectivity index (χ1v) is 4.02. The second-order valence-electron chi connectivity index (χ2n) is 2.74. The number of carbonyl (C=O) groups excluding carboxylic acids is 2. The van der Waals surface area contributed by atoms with Crippen LogP contribution in [0.25, 0.3) is 0 Å². The molecule has 14 heavy (non-hydrogen) atoms. The minimum absolute atomic E-state index is 1.03. The largest absolute Gasteiger partial charge is 0.454 e. The van der Waals surface area contributed by atoms with E-state index in [4.69, 9.17) is 22.0 Å². The van der Waals surface area contributed by atoms with Crippen molar-refractivity contribution in [1.82, 2.24) is 4.84 Å². The van der Waals surface area contributed by atoms with E-state index < -0.39 is 36.3 Å². The highest BCUT2D eigenvalue weighted by Crippen LogP contribution is 2.19. The summed E-state index contributed by atoms with van der Waals surface area (Å²) in [4.78, 5) is 23.1. The van der Waals surface area contributed by atoms with Gasteiger partial charge in [-0.25, -0.2) is 4.79 Å². The second-order valence-corrected chi connectivity index (χ2v) is 2.93. The van der Waals surface area contributed by atoms with Crippen LogP contribution in [0.15, 0.2) is 0 Å². The highest BCUT2D eigenvalue weighted by atomic mass is 35.5. The van der Waals surface area contributed by atoms with Gasteiger partial charge in [0.2, 0.25) is 0 Å². The molecule has 1 amide bonds. The number of aliphatic hydroxyl groups is 3. The zero-order valence-electron chi connectivity index (χ0n) is 6.75. The molecule has 0 saturated carbocycles. The SMILES string of the molecule is O=C1O[C@H]([C@@H](O)C(=O)NCl)[C@H](O)[C@@H]1O. The number of aliphatic hydroxyl groups excluding tert-OH is 3. The third-order valence-electron chi connectivity index (χ3n) is 1.83. The van der Waals surface area contributed by atoms with Crippen LogP contribution in [-0.4, -0.2) is 51.6 Å². The van der Waals surface area contributed by atoms with Crippen molar-refractivity contribution in [3.8, 4) is 0 Å². The maximum Gasteiger partial charge on any atom is 0.338 e. The molecule has 8 heteroatoms. The standard InChI is InChI=1S/C6H8ClNO6/c7-8-5(12)3(11)4-1(9)2(10)6(13)14-4/h1-4,9-11H,(H,8,12)/t1-,2+,3-,4+/m1/s1. The third-order valence-corrected chi connectivity index (χ3v) is 2.01. The predicted octanol–water partition coefficient (Wildman–Crippen LogP) is -2.74. The van der Waals surface area contributed by atoms with E-state index in [-0.39, 0.29) is 0 Å². The van der Waals surface area contributed by atoms with Crippen LogP contribution in [0.1, 0.15) is 0 Å². The van der Waals surface area contributed by atoms with E-state index in [1.54, 1.807) is 4.84 Å². The smallest absolute Gasteiger partial charge is 0.338 e. The van der Waals surface area contributed by atoms with Gasteiger partial charge in [0.15, 0.2) is 18.3 Å². The highest BCUT2D eigenvalue weighted by molar-refractivity contribution is 6.22. The second kappa shape index (κ2) is 4.09. The van der Waals surface area contributed by atoms with Gasteiger partial charge in [-0.3, -0.25) is 9.63 Å². The molecule has 7 nitrogen and oxygen atoms in total. The van der Waals surface area contributed by atoms with Crippen molar-refractivity contribution in [2.75, 3.05) is 0 Å². The Morgan fingerprint density at radius 1 is 1.57 bits per heavy atom. The molecule has 0 bridgehead atoms. The fourth-order valence-corrected chi connectivity index (χ4v) is 1.16. The van der Waals surface area contributed by atoms with Crippen molar-refractivity contribution in [3.05, 3.63) is 0 Å². The Morgan fingerprint density at radius 3 is 2.50 bits per heavy atom. The lowest BCUT2D eigenvalue weighted by Crippen LogP contribution is -2.45. The average molecular weight is 226 g/mol. The number of amides is 1. The van der Waals surface area contributed by atoms with Crippen LogP contribution in [0.2, 0.25) is 0 Å². The average Bonchev–Trinajstić information content (AvgIpc) is 2.43. The van der Waals surface area contributed by atoms with Gasteiger partial charge in [-0.2, -0.15) is 0 Å². The lowest BCUT2D eigenvalue weighted by atomic mass is 10.1. The molecule has 0 aliphatic carbocycles. The molecule has 1 saturated heterocycles. The summed E-state index contributed by atoms with van der Waals surface area (Å²) in [5.74, 6) is -2.12. The fourth-order valence-electron chi connectivity index (χ4n) is 1.05. The van der Waals surface area contributed by atoms with Crippen LogP contribution in [0.4, 0.5) is 0 Å². The first-order chi connectivity index (χ1) is 6.49. The lowest BCUT2D eigenvalue weighted by molar-refractivity contribution is -0.153. The number of hydrogen-bond donors (Lipinski definition) is 4. The molecule has 4 atom stereocenters. The van der Waals surface area contributed by atoms with E-state index in [1.807, 2.05) is 0 Å². The summed E-state index contributed by atoms with van der Waals surface area (Å²) in [6.45, 7) is 0. The van der Waals surface area contributed by atoms with Gasteiger partial charge in [0, 0.05) is 11.8 Å². The quantitative estimate of drug-likeness (QED) is 0.299. The number of rotatable bonds is 2. The van der Waals surface area contributed by atoms with Crippen molar-refractivity contribution in [2.24, 2.45) is 0 Å². The summed E-state index contributed by atoms with van der Waals surface area (Å²) in [5.41, 5.74) is 0. The molecule has 0 aromatic rings. The van der Waals surface area contributed by atoms with Gasteiger partial charge in [0.25, 0.3) is 5.91 Å². The van der Waals surface area contributed by atoms with Gasteiger partial charge in [-0.1, -0.05) is 0 Å². The van der Waals surface area contributed by atoms with Gasteiger partial charge < -0.3 is 20.1 Å². The van der Waals surface area contributed by atoms with E-state index >= 15 is 0 Å². The minimum atomic E-state index is -1.82. The van der Waals surface area contributed by atoms with Gasteiger partial charge in [-0.05, 0) is 0 Å². The van der Waals surface area contributed by atoms with Crippen LogP contribution in [0.3, 0.4) is 0 Å². The Hall–Kier alpha value is -0.890. The molecule has 1 fully saturated rings. The summed E-state index contributed by atoms with van der Waals surface area (Å²) in [5, 5.41) is 27.3. The molecule has 0 aromatic carbocycles. The Bertz CT molecular complexity index is 259. The van der Waals surface area contributed by atoms with Gasteiger partial charge >= 0.3 is 5.97 Å². The molecule has 4 N–H and O–H groups in total.